The number of hydrogen-bond donors (Lipinski definition) is 0. The lowest BCUT2D eigenvalue weighted by Gasteiger charge is -2.14. The molecule has 0 unspecified atom stereocenters. The van der Waals surface area contributed by atoms with Gasteiger partial charge in [-0.25, -0.2) is 4.98 Å². The molecule has 0 saturated carbocycles. The van der Waals surface area contributed by atoms with Crippen molar-refractivity contribution in [3.8, 4) is 39.6 Å². The standard InChI is InChI=1S/C23H20N2O4/c1-27-17-10-7-15(8-11-17)21-22(16-9-12-18(28-2)19(14-16)29-3)24-20-6-4-5-13-25(20)23(21)26/h4-14H,1-3H3. The Bertz CT molecular complexity index is 1230. The van der Waals surface area contributed by atoms with Gasteiger partial charge in [0.15, 0.2) is 11.5 Å². The third-order valence-corrected chi connectivity index (χ3v) is 4.77. The number of rotatable bonds is 5. The van der Waals surface area contributed by atoms with Crippen LogP contribution in [0.5, 0.6) is 17.2 Å². The minimum absolute atomic E-state index is 0.148. The molecule has 146 valence electrons. The van der Waals surface area contributed by atoms with E-state index in [2.05, 4.69) is 0 Å². The minimum atomic E-state index is -0.148. The summed E-state index contributed by atoms with van der Waals surface area (Å²) in [6.07, 6.45) is 1.72. The van der Waals surface area contributed by atoms with Gasteiger partial charge in [0.1, 0.15) is 11.4 Å². The van der Waals surface area contributed by atoms with E-state index in [1.165, 1.54) is 0 Å². The Balaban J connectivity index is 2.03. The van der Waals surface area contributed by atoms with Crippen molar-refractivity contribution in [3.63, 3.8) is 0 Å². The molecule has 0 aliphatic rings. The second kappa shape index (κ2) is 7.67. The fourth-order valence-corrected chi connectivity index (χ4v) is 3.30. The van der Waals surface area contributed by atoms with E-state index in [1.807, 2.05) is 54.6 Å². The fraction of sp³-hybridized carbons (Fsp3) is 0.130. The second-order valence-electron chi connectivity index (χ2n) is 6.37. The normalized spacial score (nSPS) is 10.7. The van der Waals surface area contributed by atoms with E-state index in [0.717, 1.165) is 16.9 Å². The highest BCUT2D eigenvalue weighted by Crippen LogP contribution is 2.35. The first-order valence-corrected chi connectivity index (χ1v) is 9.04. The van der Waals surface area contributed by atoms with Crippen molar-refractivity contribution >= 4 is 5.65 Å². The molecule has 0 fully saturated rings. The van der Waals surface area contributed by atoms with Gasteiger partial charge in [-0.1, -0.05) is 18.2 Å². The third-order valence-electron chi connectivity index (χ3n) is 4.77. The predicted octanol–water partition coefficient (Wildman–Crippen LogP) is 4.05. The van der Waals surface area contributed by atoms with Crippen LogP contribution in [0, 0.1) is 0 Å². The molecule has 0 N–H and O–H groups in total. The number of aromatic nitrogens is 2. The zero-order valence-corrected chi connectivity index (χ0v) is 16.4. The maximum Gasteiger partial charge on any atom is 0.266 e. The largest absolute Gasteiger partial charge is 0.497 e. The summed E-state index contributed by atoms with van der Waals surface area (Å²) in [5, 5.41) is 0. The average Bonchev–Trinajstić information content (AvgIpc) is 2.78. The van der Waals surface area contributed by atoms with Gasteiger partial charge < -0.3 is 14.2 Å². The van der Waals surface area contributed by atoms with E-state index >= 15 is 0 Å². The van der Waals surface area contributed by atoms with E-state index in [9.17, 15) is 4.79 Å². The quantitative estimate of drug-likeness (QED) is 0.516. The number of fused-ring (bicyclic) bond motifs is 1. The van der Waals surface area contributed by atoms with E-state index < -0.39 is 0 Å². The predicted molar refractivity (Wildman–Crippen MR) is 112 cm³/mol. The second-order valence-corrected chi connectivity index (χ2v) is 6.37. The number of benzene rings is 2. The van der Waals surface area contributed by atoms with Gasteiger partial charge in [-0.05, 0) is 48.0 Å². The van der Waals surface area contributed by atoms with Crippen LogP contribution < -0.4 is 19.8 Å². The summed E-state index contributed by atoms with van der Waals surface area (Å²) in [7, 11) is 4.77. The lowest BCUT2D eigenvalue weighted by atomic mass is 9.99. The molecule has 6 nitrogen and oxygen atoms in total. The maximum atomic E-state index is 13.4. The SMILES string of the molecule is COc1ccc(-c2c(-c3ccc(OC)c(OC)c3)nc3ccccn3c2=O)cc1. The Labute approximate surface area is 167 Å². The first-order valence-electron chi connectivity index (χ1n) is 9.04. The number of hydrogen-bond acceptors (Lipinski definition) is 5. The smallest absolute Gasteiger partial charge is 0.266 e. The van der Waals surface area contributed by atoms with Crippen LogP contribution in [0.15, 0.2) is 71.7 Å². The zero-order valence-electron chi connectivity index (χ0n) is 16.4. The Kier molecular flexibility index (Phi) is 4.91. The Morgan fingerprint density at radius 1 is 0.793 bits per heavy atom. The zero-order chi connectivity index (χ0) is 20.4. The van der Waals surface area contributed by atoms with E-state index in [-0.39, 0.29) is 5.56 Å². The highest BCUT2D eigenvalue weighted by molar-refractivity contribution is 5.82. The molecular formula is C23H20N2O4. The lowest BCUT2D eigenvalue weighted by molar-refractivity contribution is 0.355. The molecule has 0 atom stereocenters. The number of methoxy groups -OCH3 is 3. The van der Waals surface area contributed by atoms with E-state index in [0.29, 0.717) is 28.4 Å². The van der Waals surface area contributed by atoms with Crippen LogP contribution in [0.25, 0.3) is 28.0 Å². The monoisotopic (exact) mass is 388 g/mol. The molecule has 0 saturated heterocycles. The van der Waals surface area contributed by atoms with Crippen molar-refractivity contribution in [2.24, 2.45) is 0 Å². The molecule has 2 aromatic heterocycles. The highest BCUT2D eigenvalue weighted by Gasteiger charge is 2.18. The summed E-state index contributed by atoms with van der Waals surface area (Å²) in [6.45, 7) is 0. The summed E-state index contributed by atoms with van der Waals surface area (Å²) in [4.78, 5) is 18.2. The van der Waals surface area contributed by atoms with Crippen LogP contribution >= 0.6 is 0 Å². The third kappa shape index (κ3) is 3.29. The van der Waals surface area contributed by atoms with Crippen LogP contribution in [-0.2, 0) is 0 Å². The maximum absolute atomic E-state index is 13.4. The van der Waals surface area contributed by atoms with Crippen LogP contribution in [0.2, 0.25) is 0 Å². The molecule has 0 aliphatic heterocycles. The molecule has 0 radical (unpaired) electrons. The van der Waals surface area contributed by atoms with Gasteiger partial charge in [0, 0.05) is 11.8 Å². The minimum Gasteiger partial charge on any atom is -0.497 e. The van der Waals surface area contributed by atoms with E-state index in [1.54, 1.807) is 38.0 Å². The van der Waals surface area contributed by atoms with Crippen molar-refractivity contribution in [1.82, 2.24) is 9.38 Å². The van der Waals surface area contributed by atoms with Gasteiger partial charge in [0.05, 0.1) is 32.6 Å². The summed E-state index contributed by atoms with van der Waals surface area (Å²) < 4.78 is 17.6. The Morgan fingerprint density at radius 3 is 2.21 bits per heavy atom. The number of nitrogens with zero attached hydrogens (tertiary/aromatic N) is 2. The summed E-state index contributed by atoms with van der Waals surface area (Å²) in [6, 6.07) is 18.3. The van der Waals surface area contributed by atoms with Crippen LogP contribution in [0.3, 0.4) is 0 Å². The van der Waals surface area contributed by atoms with Gasteiger partial charge >= 0.3 is 0 Å². The van der Waals surface area contributed by atoms with Gasteiger partial charge in [0.2, 0.25) is 0 Å². The highest BCUT2D eigenvalue weighted by atomic mass is 16.5. The lowest BCUT2D eigenvalue weighted by Crippen LogP contribution is -2.18. The molecule has 4 aromatic rings. The van der Waals surface area contributed by atoms with Crippen molar-refractivity contribution in [2.45, 2.75) is 0 Å². The van der Waals surface area contributed by atoms with Gasteiger partial charge in [-0.2, -0.15) is 0 Å². The number of pyridine rings is 1. The van der Waals surface area contributed by atoms with Crippen molar-refractivity contribution in [2.75, 3.05) is 21.3 Å². The topological polar surface area (TPSA) is 62.1 Å². The molecule has 29 heavy (non-hydrogen) atoms. The molecule has 4 rings (SSSR count). The average molecular weight is 388 g/mol. The molecular weight excluding hydrogens is 368 g/mol. The molecule has 0 bridgehead atoms. The molecule has 0 aliphatic carbocycles. The summed E-state index contributed by atoms with van der Waals surface area (Å²) in [5.41, 5.74) is 3.02. The first kappa shape index (κ1) is 18.6. The molecule has 2 aromatic carbocycles. The fourth-order valence-electron chi connectivity index (χ4n) is 3.30. The van der Waals surface area contributed by atoms with Gasteiger partial charge in [-0.3, -0.25) is 9.20 Å². The van der Waals surface area contributed by atoms with Gasteiger partial charge in [0.25, 0.3) is 5.56 Å². The van der Waals surface area contributed by atoms with Crippen molar-refractivity contribution in [1.29, 1.82) is 0 Å². The molecule has 0 amide bonds. The molecule has 0 spiro atoms. The van der Waals surface area contributed by atoms with Crippen molar-refractivity contribution in [3.05, 3.63) is 77.2 Å². The Hall–Kier alpha value is -3.80. The van der Waals surface area contributed by atoms with E-state index in [4.69, 9.17) is 19.2 Å². The Morgan fingerprint density at radius 2 is 1.52 bits per heavy atom. The molecule has 6 heteroatoms. The summed E-state index contributed by atoms with van der Waals surface area (Å²) in [5.74, 6) is 1.90. The number of ether oxygens (including phenoxy) is 3. The van der Waals surface area contributed by atoms with Crippen molar-refractivity contribution < 1.29 is 14.2 Å². The molecule has 2 heterocycles. The first-order chi connectivity index (χ1) is 14.2. The summed E-state index contributed by atoms with van der Waals surface area (Å²) >= 11 is 0. The van der Waals surface area contributed by atoms with Crippen LogP contribution in [0.4, 0.5) is 0 Å². The van der Waals surface area contributed by atoms with Crippen LogP contribution in [0.1, 0.15) is 0 Å². The van der Waals surface area contributed by atoms with Crippen LogP contribution in [-0.4, -0.2) is 30.7 Å². The van der Waals surface area contributed by atoms with Gasteiger partial charge in [-0.15, -0.1) is 0 Å².